The summed E-state index contributed by atoms with van der Waals surface area (Å²) in [4.78, 5) is 26.9. The summed E-state index contributed by atoms with van der Waals surface area (Å²) < 4.78 is 0.935. The molecule has 0 aliphatic heterocycles. The Morgan fingerprint density at radius 3 is 2.23 bits per heavy atom. The molecule has 1 aliphatic carbocycles. The van der Waals surface area contributed by atoms with E-state index in [1.54, 1.807) is 24.3 Å². The zero-order chi connectivity index (χ0) is 37.1. The Morgan fingerprint density at radius 2 is 1.50 bits per heavy atom. The maximum absolute atomic E-state index is 13.5. The van der Waals surface area contributed by atoms with Crippen molar-refractivity contribution >= 4 is 46.1 Å². The molecule has 0 spiro atoms. The number of nitrogens with one attached hydrogen (secondary N) is 1. The Morgan fingerprint density at radius 1 is 0.865 bits per heavy atom. The second-order valence-corrected chi connectivity index (χ2v) is 14.2. The van der Waals surface area contributed by atoms with Gasteiger partial charge in [0.1, 0.15) is 5.69 Å². The first-order valence-electron chi connectivity index (χ1n) is 18.4. The van der Waals surface area contributed by atoms with Crippen LogP contribution in [-0.4, -0.2) is 69.6 Å². The number of hydrogen-bond donors (Lipinski definition) is 3. The van der Waals surface area contributed by atoms with Gasteiger partial charge in [-0.15, -0.1) is 0 Å². The van der Waals surface area contributed by atoms with Crippen LogP contribution in [0, 0.1) is 6.92 Å². The lowest BCUT2D eigenvalue weighted by Crippen LogP contribution is -2.78. The maximum atomic E-state index is 13.5. The van der Waals surface area contributed by atoms with Crippen LogP contribution in [-0.2, 0) is 0 Å². The monoisotopic (exact) mass is 698 g/mol. The van der Waals surface area contributed by atoms with E-state index in [4.69, 9.17) is 10.8 Å². The van der Waals surface area contributed by atoms with E-state index in [0.29, 0.717) is 40.2 Å². The zero-order valence-electron chi connectivity index (χ0n) is 31.2. The van der Waals surface area contributed by atoms with Gasteiger partial charge in [-0.1, -0.05) is 73.3 Å². The van der Waals surface area contributed by atoms with Crippen LogP contribution in [0.25, 0.3) is 5.57 Å². The first-order valence-corrected chi connectivity index (χ1v) is 18.4. The lowest BCUT2D eigenvalue weighted by Gasteiger charge is -2.30. The first kappa shape index (κ1) is 37.9. The summed E-state index contributed by atoms with van der Waals surface area (Å²) in [5, 5.41) is 12.4. The molecular formula is C44H54N6O2+2. The predicted octanol–water partition coefficient (Wildman–Crippen LogP) is 7.38. The van der Waals surface area contributed by atoms with Crippen molar-refractivity contribution < 1.29 is 19.4 Å². The number of hydrogen-bond acceptors (Lipinski definition) is 6. The van der Waals surface area contributed by atoms with Crippen molar-refractivity contribution in [3.05, 3.63) is 137 Å². The quantitative estimate of drug-likeness (QED) is 0.0221. The van der Waals surface area contributed by atoms with Crippen LogP contribution in [0.15, 0.2) is 109 Å². The zero-order valence-corrected chi connectivity index (χ0v) is 31.2. The van der Waals surface area contributed by atoms with Gasteiger partial charge < -0.3 is 20.9 Å². The van der Waals surface area contributed by atoms with E-state index >= 15 is 0 Å². The molecule has 8 heteroatoms. The molecule has 270 valence electrons. The molecule has 4 aromatic rings. The highest BCUT2D eigenvalue weighted by Gasteiger charge is 2.34. The average molecular weight is 699 g/mol. The van der Waals surface area contributed by atoms with E-state index in [-0.39, 0.29) is 11.6 Å². The van der Waals surface area contributed by atoms with Crippen LogP contribution in [0.3, 0.4) is 0 Å². The molecule has 4 aromatic carbocycles. The Hall–Kier alpha value is -5.31. The van der Waals surface area contributed by atoms with Gasteiger partial charge >= 0.3 is 0 Å². The summed E-state index contributed by atoms with van der Waals surface area (Å²) in [6, 6.07) is 27.5. The normalized spacial score (nSPS) is 12.9. The fourth-order valence-corrected chi connectivity index (χ4v) is 6.86. The topological polar surface area (TPSA) is 104 Å². The smallest absolute Gasteiger partial charge is 0.196 e. The number of para-hydroxylation sites is 2. The number of quaternary nitrogens is 2. The number of hydrazone groups is 1. The molecule has 1 aliphatic rings. The third-order valence-electron chi connectivity index (χ3n) is 9.85. The molecule has 5 rings (SSSR count). The molecule has 0 heterocycles. The van der Waals surface area contributed by atoms with E-state index in [0.717, 1.165) is 59.3 Å². The third kappa shape index (κ3) is 9.32. The number of nitrogens with zero attached hydrogens (tertiary/aromatic N) is 3. The van der Waals surface area contributed by atoms with Gasteiger partial charge in [0.2, 0.25) is 0 Å². The maximum Gasteiger partial charge on any atom is 0.196 e. The largest absolute Gasteiger partial charge is 0.398 e. The van der Waals surface area contributed by atoms with Crippen molar-refractivity contribution in [2.24, 2.45) is 5.10 Å². The molecule has 0 bridgehead atoms. The second-order valence-electron chi connectivity index (χ2n) is 14.2. The standard InChI is InChI=1S/C44H52N6O2/c1-6-19-33(31-48-49(3)34-20-10-9-11-21-34)35-22-14-15-25-38(35)46-26-16-7-8-17-28-50(4,5)29-18-27-47-39-30-32(2)42(45)41-40(39)43(51)36-23-12-13-24-37(36)44(41)52/h6,9-15,19-25,30-31,46H,1,7-8,16-18,26-29H2,2-5H3,(H2-,45,47,51,52)/p+2. The van der Waals surface area contributed by atoms with Crippen LogP contribution in [0.4, 0.5) is 22.7 Å². The van der Waals surface area contributed by atoms with Gasteiger partial charge in [0, 0.05) is 53.7 Å². The molecule has 52 heavy (non-hydrogen) atoms. The van der Waals surface area contributed by atoms with Crippen molar-refractivity contribution in [2.45, 2.75) is 39.0 Å². The van der Waals surface area contributed by atoms with Gasteiger partial charge in [0.25, 0.3) is 0 Å². The van der Waals surface area contributed by atoms with Crippen LogP contribution in [0.1, 0.15) is 75.1 Å². The lowest BCUT2D eigenvalue weighted by molar-refractivity contribution is -0.890. The number of carbonyl (C=O) groups excluding carboxylic acids is 2. The van der Waals surface area contributed by atoms with Crippen LogP contribution < -0.4 is 21.4 Å². The fourth-order valence-electron chi connectivity index (χ4n) is 6.86. The minimum Gasteiger partial charge on any atom is -0.398 e. The Balaban J connectivity index is 1.05. The van der Waals surface area contributed by atoms with Crippen LogP contribution in [0.2, 0.25) is 0 Å². The molecule has 5 N–H and O–H groups in total. The van der Waals surface area contributed by atoms with Gasteiger partial charge in [-0.2, -0.15) is 5.10 Å². The molecule has 0 fully saturated rings. The van der Waals surface area contributed by atoms with Crippen LogP contribution >= 0.6 is 0 Å². The molecule has 0 aromatic heterocycles. The van der Waals surface area contributed by atoms with Crippen LogP contribution in [0.5, 0.6) is 0 Å². The van der Waals surface area contributed by atoms with Gasteiger partial charge in [-0.05, 0) is 68.5 Å². The number of allylic oxidation sites excluding steroid dienone is 3. The number of nitrogens with two attached hydrogens (primary N) is 2. The van der Waals surface area contributed by atoms with Gasteiger partial charge in [-0.3, -0.25) is 14.6 Å². The van der Waals surface area contributed by atoms with E-state index < -0.39 is 0 Å². The molecule has 0 radical (unpaired) electrons. The van der Waals surface area contributed by atoms with Gasteiger partial charge in [0.05, 0.1) is 56.8 Å². The minimum absolute atomic E-state index is 0.149. The molecule has 0 saturated carbocycles. The Bertz CT molecular complexity index is 1950. The summed E-state index contributed by atoms with van der Waals surface area (Å²) in [6.07, 6.45) is 11.4. The fraction of sp³-hybridized carbons (Fsp3) is 0.295. The van der Waals surface area contributed by atoms with E-state index in [2.05, 4.69) is 55.6 Å². The van der Waals surface area contributed by atoms with Crippen molar-refractivity contribution in [3.8, 4) is 0 Å². The summed E-state index contributed by atoms with van der Waals surface area (Å²) in [5.41, 5.74) is 14.2. The number of carbonyl (C=O) groups is 2. The number of anilines is 3. The molecule has 0 amide bonds. The van der Waals surface area contributed by atoms with E-state index in [1.807, 2.05) is 73.7 Å². The molecular weight excluding hydrogens is 645 g/mol. The molecule has 8 nitrogen and oxygen atoms in total. The molecule has 0 saturated heterocycles. The Labute approximate surface area is 309 Å². The first-order chi connectivity index (χ1) is 25.1. The summed E-state index contributed by atoms with van der Waals surface area (Å²) in [5.74, 6) is -0.332. The van der Waals surface area contributed by atoms with Crippen molar-refractivity contribution in [3.63, 3.8) is 0 Å². The second kappa shape index (κ2) is 17.8. The molecule has 0 unspecified atom stereocenters. The highest BCUT2D eigenvalue weighted by Crippen LogP contribution is 2.37. The molecule has 0 atom stereocenters. The van der Waals surface area contributed by atoms with Crippen molar-refractivity contribution in [1.82, 2.24) is 0 Å². The third-order valence-corrected chi connectivity index (χ3v) is 9.85. The number of benzene rings is 4. The number of rotatable bonds is 18. The minimum atomic E-state index is -0.182. The number of nitrogen functional groups attached to an aromatic ring is 1. The highest BCUT2D eigenvalue weighted by atomic mass is 16.1. The summed E-state index contributed by atoms with van der Waals surface area (Å²) >= 11 is 0. The predicted molar refractivity (Wildman–Crippen MR) is 217 cm³/mol. The van der Waals surface area contributed by atoms with Gasteiger partial charge in [-0.25, -0.2) is 0 Å². The van der Waals surface area contributed by atoms with Crippen molar-refractivity contribution in [1.29, 1.82) is 0 Å². The summed E-state index contributed by atoms with van der Waals surface area (Å²) in [6.45, 7) is 9.67. The summed E-state index contributed by atoms with van der Waals surface area (Å²) in [7, 11) is 6.53. The number of fused-ring (bicyclic) bond motifs is 2. The van der Waals surface area contributed by atoms with E-state index in [9.17, 15) is 9.59 Å². The number of unbranched alkanes of at least 4 members (excludes halogenated alkanes) is 3. The highest BCUT2D eigenvalue weighted by molar-refractivity contribution is 6.32. The van der Waals surface area contributed by atoms with Crippen molar-refractivity contribution in [2.75, 3.05) is 63.4 Å². The SMILES string of the molecule is C=CC=C(C=NN(C)c1ccccc1)c1ccccc1[NH2+]CCCCCC[N+](C)(C)CCCNc1cc(C)c(N)c2c1C(=O)c1ccccc1C2=O. The number of ketones is 2. The van der Waals surface area contributed by atoms with E-state index in [1.165, 1.54) is 24.9 Å². The lowest BCUT2D eigenvalue weighted by atomic mass is 9.81. The van der Waals surface area contributed by atoms with Gasteiger partial charge in [0.15, 0.2) is 11.6 Å². The Kier molecular flexibility index (Phi) is 13.0. The number of aryl methyl sites for hydroxylation is 1. The average Bonchev–Trinajstić information content (AvgIpc) is 3.15.